The third-order valence-corrected chi connectivity index (χ3v) is 6.43. The van der Waals surface area contributed by atoms with E-state index in [2.05, 4.69) is 17.1 Å². The van der Waals surface area contributed by atoms with Gasteiger partial charge in [-0.3, -0.25) is 4.79 Å². The Balaban J connectivity index is 0.00000338. The number of anilines is 1. The quantitative estimate of drug-likeness (QED) is 0.702. The topological polar surface area (TPSA) is 95.7 Å². The zero-order valence-corrected chi connectivity index (χ0v) is 18.4. The Hall–Kier alpha value is -0.900. The molecular formula is C17H30Cl2N4O3S. The summed E-state index contributed by atoms with van der Waals surface area (Å²) in [7, 11) is -3.56. The maximum atomic E-state index is 12.8. The zero-order chi connectivity index (χ0) is 18.6. The fraction of sp³-hybridized carbons (Fsp3) is 0.588. The van der Waals surface area contributed by atoms with E-state index in [-0.39, 0.29) is 41.5 Å². The summed E-state index contributed by atoms with van der Waals surface area (Å²) in [6.45, 7) is 9.13. The summed E-state index contributed by atoms with van der Waals surface area (Å²) >= 11 is 0. The van der Waals surface area contributed by atoms with Crippen molar-refractivity contribution in [1.82, 2.24) is 9.21 Å². The molecule has 0 aromatic heterocycles. The molecular weight excluding hydrogens is 411 g/mol. The molecule has 0 spiro atoms. The van der Waals surface area contributed by atoms with Crippen molar-refractivity contribution in [2.75, 3.05) is 38.0 Å². The van der Waals surface area contributed by atoms with Crippen molar-refractivity contribution in [3.8, 4) is 0 Å². The van der Waals surface area contributed by atoms with Gasteiger partial charge < -0.3 is 16.0 Å². The lowest BCUT2D eigenvalue weighted by Gasteiger charge is -2.33. The highest BCUT2D eigenvalue weighted by Gasteiger charge is 2.28. The number of piperazine rings is 1. The normalized spacial score (nSPS) is 16.9. The molecule has 1 aromatic rings. The van der Waals surface area contributed by atoms with Gasteiger partial charge in [-0.15, -0.1) is 24.8 Å². The number of hydrogen-bond donors (Lipinski definition) is 2. The zero-order valence-electron chi connectivity index (χ0n) is 15.9. The predicted molar refractivity (Wildman–Crippen MR) is 113 cm³/mol. The van der Waals surface area contributed by atoms with Crippen LogP contribution in [0.3, 0.4) is 0 Å². The number of amides is 1. The fourth-order valence-corrected chi connectivity index (χ4v) is 4.17. The highest BCUT2D eigenvalue weighted by molar-refractivity contribution is 7.89. The average molecular weight is 441 g/mol. The molecule has 1 fully saturated rings. The van der Waals surface area contributed by atoms with Gasteiger partial charge in [0.25, 0.3) is 0 Å². The number of carbonyl (C=O) groups excluding carboxylic acids is 1. The van der Waals surface area contributed by atoms with E-state index in [0.29, 0.717) is 18.8 Å². The summed E-state index contributed by atoms with van der Waals surface area (Å²) in [5.74, 6) is -0.317. The van der Waals surface area contributed by atoms with Crippen molar-refractivity contribution >= 4 is 46.4 Å². The first-order valence-corrected chi connectivity index (χ1v) is 10.1. The van der Waals surface area contributed by atoms with E-state index in [1.54, 1.807) is 18.2 Å². The van der Waals surface area contributed by atoms with Gasteiger partial charge in [0.2, 0.25) is 15.9 Å². The minimum absolute atomic E-state index is 0. The number of sulfonamides is 1. The van der Waals surface area contributed by atoms with E-state index in [4.69, 9.17) is 5.73 Å². The minimum Gasteiger partial charge on any atom is -0.325 e. The van der Waals surface area contributed by atoms with Crippen molar-refractivity contribution in [1.29, 1.82) is 0 Å². The van der Waals surface area contributed by atoms with Crippen LogP contribution in [0.15, 0.2) is 29.2 Å². The number of carbonyl (C=O) groups is 1. The maximum Gasteiger partial charge on any atom is 0.243 e. The predicted octanol–water partition coefficient (Wildman–Crippen LogP) is 1.78. The van der Waals surface area contributed by atoms with Crippen LogP contribution < -0.4 is 11.1 Å². The van der Waals surface area contributed by atoms with Gasteiger partial charge in [0.05, 0.1) is 10.9 Å². The Morgan fingerprint density at radius 1 is 1.19 bits per heavy atom. The van der Waals surface area contributed by atoms with Crippen molar-refractivity contribution in [3.05, 3.63) is 24.3 Å². The molecule has 10 heteroatoms. The monoisotopic (exact) mass is 440 g/mol. The first-order chi connectivity index (χ1) is 11.8. The number of hydrogen-bond acceptors (Lipinski definition) is 5. The summed E-state index contributed by atoms with van der Waals surface area (Å²) < 4.78 is 27.2. The standard InChI is InChI=1S/C17H28N4O3S.2ClH/c1-4-20-8-10-21(11-9-20)25(23,24)15-7-5-6-14(12-15)19-17(22)16(18)13(2)3;;/h5-7,12-13,16H,4,8-11,18H2,1-3H3,(H,19,22);2*1H/t16-;;/m0../s1. The highest BCUT2D eigenvalue weighted by Crippen LogP contribution is 2.21. The van der Waals surface area contributed by atoms with Crippen LogP contribution in [0.4, 0.5) is 5.69 Å². The molecule has 1 saturated heterocycles. The van der Waals surface area contributed by atoms with E-state index in [1.807, 2.05) is 13.8 Å². The van der Waals surface area contributed by atoms with Crippen molar-refractivity contribution in [3.63, 3.8) is 0 Å². The molecule has 1 aromatic carbocycles. The molecule has 3 N–H and O–H groups in total. The molecule has 7 nitrogen and oxygen atoms in total. The number of nitrogens with two attached hydrogens (primary N) is 1. The van der Waals surface area contributed by atoms with Gasteiger partial charge >= 0.3 is 0 Å². The highest BCUT2D eigenvalue weighted by atomic mass is 35.5. The maximum absolute atomic E-state index is 12.8. The van der Waals surface area contributed by atoms with Crippen LogP contribution in [0.5, 0.6) is 0 Å². The number of halogens is 2. The van der Waals surface area contributed by atoms with Crippen LogP contribution in [0.2, 0.25) is 0 Å². The Morgan fingerprint density at radius 3 is 2.30 bits per heavy atom. The molecule has 0 radical (unpaired) electrons. The van der Waals surface area contributed by atoms with E-state index in [1.165, 1.54) is 10.4 Å². The van der Waals surface area contributed by atoms with E-state index < -0.39 is 16.1 Å². The SMILES string of the molecule is CCN1CCN(S(=O)(=O)c2cccc(NC(=O)[C@@H](N)C(C)C)c2)CC1.Cl.Cl. The number of nitrogens with zero attached hydrogens (tertiary/aromatic N) is 2. The number of likely N-dealkylation sites (N-methyl/N-ethyl adjacent to an activating group) is 1. The summed E-state index contributed by atoms with van der Waals surface area (Å²) in [6, 6.07) is 5.71. The first-order valence-electron chi connectivity index (χ1n) is 8.64. The minimum atomic E-state index is -3.56. The van der Waals surface area contributed by atoms with Crippen LogP contribution in [-0.2, 0) is 14.8 Å². The van der Waals surface area contributed by atoms with Gasteiger partial charge in [-0.2, -0.15) is 4.31 Å². The van der Waals surface area contributed by atoms with Crippen molar-refractivity contribution < 1.29 is 13.2 Å². The Morgan fingerprint density at radius 2 is 1.78 bits per heavy atom. The lowest BCUT2D eigenvalue weighted by molar-refractivity contribution is -0.118. The summed E-state index contributed by atoms with van der Waals surface area (Å²) in [5.41, 5.74) is 6.27. The van der Waals surface area contributed by atoms with E-state index in [0.717, 1.165) is 19.6 Å². The number of rotatable bonds is 6. The van der Waals surface area contributed by atoms with Gasteiger partial charge in [0.15, 0.2) is 0 Å². The van der Waals surface area contributed by atoms with Gasteiger partial charge in [-0.25, -0.2) is 8.42 Å². The van der Waals surface area contributed by atoms with E-state index in [9.17, 15) is 13.2 Å². The van der Waals surface area contributed by atoms with Gasteiger partial charge in [-0.1, -0.05) is 26.8 Å². The molecule has 0 bridgehead atoms. The van der Waals surface area contributed by atoms with Crippen molar-refractivity contribution in [2.45, 2.75) is 31.7 Å². The molecule has 27 heavy (non-hydrogen) atoms. The molecule has 1 heterocycles. The second kappa shape index (κ2) is 11.2. The lowest BCUT2D eigenvalue weighted by atomic mass is 10.1. The van der Waals surface area contributed by atoms with Crippen LogP contribution in [0.25, 0.3) is 0 Å². The number of nitrogens with one attached hydrogen (secondary N) is 1. The van der Waals surface area contributed by atoms with Crippen LogP contribution in [0.1, 0.15) is 20.8 Å². The lowest BCUT2D eigenvalue weighted by Crippen LogP contribution is -2.48. The second-order valence-electron chi connectivity index (χ2n) is 6.63. The smallest absolute Gasteiger partial charge is 0.243 e. The second-order valence-corrected chi connectivity index (χ2v) is 8.56. The Bertz CT molecular complexity index is 708. The molecule has 0 unspecified atom stereocenters. The third-order valence-electron chi connectivity index (χ3n) is 4.54. The van der Waals surface area contributed by atoms with E-state index >= 15 is 0 Å². The molecule has 2 rings (SSSR count). The molecule has 0 saturated carbocycles. The average Bonchev–Trinajstić information content (AvgIpc) is 2.61. The Labute approximate surface area is 174 Å². The van der Waals surface area contributed by atoms with Crippen molar-refractivity contribution in [2.24, 2.45) is 11.7 Å². The van der Waals surface area contributed by atoms with Crippen LogP contribution >= 0.6 is 24.8 Å². The Kier molecular flexibility index (Phi) is 10.8. The summed E-state index contributed by atoms with van der Waals surface area (Å²) in [5, 5.41) is 2.70. The summed E-state index contributed by atoms with van der Waals surface area (Å²) in [4.78, 5) is 14.5. The molecule has 1 atom stereocenters. The molecule has 1 aliphatic rings. The molecule has 156 valence electrons. The van der Waals surface area contributed by atoms with Gasteiger partial charge in [0, 0.05) is 31.9 Å². The first kappa shape index (κ1) is 26.1. The third kappa shape index (κ3) is 6.58. The van der Waals surface area contributed by atoms with Crippen LogP contribution in [0, 0.1) is 5.92 Å². The fourth-order valence-electron chi connectivity index (χ4n) is 2.70. The van der Waals surface area contributed by atoms with Gasteiger partial charge in [-0.05, 0) is 30.7 Å². The number of benzene rings is 1. The van der Waals surface area contributed by atoms with Gasteiger partial charge in [0.1, 0.15) is 0 Å². The summed E-state index contributed by atoms with van der Waals surface area (Å²) in [6.07, 6.45) is 0. The molecule has 0 aliphatic carbocycles. The molecule has 1 amide bonds. The van der Waals surface area contributed by atoms with Crippen LogP contribution in [-0.4, -0.2) is 62.3 Å². The largest absolute Gasteiger partial charge is 0.325 e. The molecule has 1 aliphatic heterocycles.